The van der Waals surface area contributed by atoms with E-state index in [1.165, 1.54) is 0 Å². The molecule has 0 atom stereocenters. The standard InChI is InChI=1S/C16H18O3Si/c1-3-17-20(4-2,18-15-11-7-5-8-12-15)19-16-13-9-6-10-14-16/h4-14H,2-3H2,1H3. The first-order valence-corrected chi connectivity index (χ1v) is 8.34. The number of rotatable bonds is 7. The van der Waals surface area contributed by atoms with Crippen LogP contribution in [0.4, 0.5) is 0 Å². The zero-order valence-electron chi connectivity index (χ0n) is 11.5. The Kier molecular flexibility index (Phi) is 4.98. The van der Waals surface area contributed by atoms with Crippen LogP contribution in [0.15, 0.2) is 72.9 Å². The predicted molar refractivity (Wildman–Crippen MR) is 81.7 cm³/mol. The number of para-hydroxylation sites is 2. The Balaban J connectivity index is 2.23. The van der Waals surface area contributed by atoms with Crippen LogP contribution in [-0.4, -0.2) is 15.4 Å². The van der Waals surface area contributed by atoms with E-state index in [-0.39, 0.29) is 0 Å². The van der Waals surface area contributed by atoms with Crippen molar-refractivity contribution in [2.75, 3.05) is 6.61 Å². The van der Waals surface area contributed by atoms with Crippen molar-refractivity contribution in [1.29, 1.82) is 0 Å². The van der Waals surface area contributed by atoms with Crippen LogP contribution in [-0.2, 0) is 4.43 Å². The molecule has 0 radical (unpaired) electrons. The highest BCUT2D eigenvalue weighted by atomic mass is 28.4. The third-order valence-electron chi connectivity index (χ3n) is 2.60. The van der Waals surface area contributed by atoms with E-state index in [4.69, 9.17) is 13.3 Å². The predicted octanol–water partition coefficient (Wildman–Crippen LogP) is 3.85. The molecule has 4 heteroatoms. The van der Waals surface area contributed by atoms with Crippen molar-refractivity contribution >= 4 is 8.80 Å². The van der Waals surface area contributed by atoms with Crippen LogP contribution >= 0.6 is 0 Å². The van der Waals surface area contributed by atoms with Gasteiger partial charge >= 0.3 is 8.80 Å². The van der Waals surface area contributed by atoms with Crippen molar-refractivity contribution in [3.8, 4) is 11.5 Å². The molecule has 2 rings (SSSR count). The summed E-state index contributed by atoms with van der Waals surface area (Å²) >= 11 is 0. The number of hydrogen-bond donors (Lipinski definition) is 0. The summed E-state index contributed by atoms with van der Waals surface area (Å²) in [6, 6.07) is 19.0. The number of hydrogen-bond acceptors (Lipinski definition) is 3. The van der Waals surface area contributed by atoms with Gasteiger partial charge in [-0.25, -0.2) is 0 Å². The van der Waals surface area contributed by atoms with Gasteiger partial charge in [-0.05, 0) is 31.2 Å². The summed E-state index contributed by atoms with van der Waals surface area (Å²) in [5.74, 6) is 1.42. The van der Waals surface area contributed by atoms with Crippen LogP contribution in [0.2, 0.25) is 0 Å². The highest BCUT2D eigenvalue weighted by Crippen LogP contribution is 2.21. The van der Waals surface area contributed by atoms with E-state index in [1.807, 2.05) is 67.6 Å². The fourth-order valence-corrected chi connectivity index (χ4v) is 3.50. The molecule has 0 amide bonds. The van der Waals surface area contributed by atoms with Crippen molar-refractivity contribution in [3.63, 3.8) is 0 Å². The van der Waals surface area contributed by atoms with E-state index in [1.54, 1.807) is 5.70 Å². The average molecular weight is 286 g/mol. The third-order valence-corrected chi connectivity index (χ3v) is 4.83. The van der Waals surface area contributed by atoms with Crippen molar-refractivity contribution in [1.82, 2.24) is 0 Å². The van der Waals surface area contributed by atoms with E-state index >= 15 is 0 Å². The smallest absolute Gasteiger partial charge is 0.489 e. The van der Waals surface area contributed by atoms with Gasteiger partial charge in [0.05, 0.1) is 0 Å². The van der Waals surface area contributed by atoms with Crippen LogP contribution in [0.25, 0.3) is 0 Å². The lowest BCUT2D eigenvalue weighted by molar-refractivity contribution is 0.188. The molecular weight excluding hydrogens is 268 g/mol. The summed E-state index contributed by atoms with van der Waals surface area (Å²) in [6.45, 7) is 6.24. The minimum atomic E-state index is -2.99. The molecule has 3 nitrogen and oxygen atoms in total. The van der Waals surface area contributed by atoms with Crippen LogP contribution in [0.3, 0.4) is 0 Å². The molecular formula is C16H18O3Si. The zero-order valence-corrected chi connectivity index (χ0v) is 12.5. The molecule has 0 aliphatic carbocycles. The Hall–Kier alpha value is -2.04. The van der Waals surface area contributed by atoms with Gasteiger partial charge in [0, 0.05) is 12.3 Å². The van der Waals surface area contributed by atoms with Gasteiger partial charge in [-0.3, -0.25) is 0 Å². The maximum Gasteiger partial charge on any atom is 0.661 e. The van der Waals surface area contributed by atoms with E-state index in [0.29, 0.717) is 18.1 Å². The minimum absolute atomic E-state index is 0.498. The molecule has 0 heterocycles. The Labute approximate surface area is 120 Å². The van der Waals surface area contributed by atoms with Crippen molar-refractivity contribution in [3.05, 3.63) is 72.9 Å². The van der Waals surface area contributed by atoms with Crippen LogP contribution in [0.5, 0.6) is 11.5 Å². The summed E-state index contributed by atoms with van der Waals surface area (Å²) in [5, 5.41) is 0. The molecule has 0 unspecified atom stereocenters. The van der Waals surface area contributed by atoms with E-state index in [0.717, 1.165) is 0 Å². The van der Waals surface area contributed by atoms with E-state index < -0.39 is 8.80 Å². The maximum atomic E-state index is 5.97. The molecule has 20 heavy (non-hydrogen) atoms. The van der Waals surface area contributed by atoms with Crippen LogP contribution in [0, 0.1) is 0 Å². The number of benzene rings is 2. The first-order valence-electron chi connectivity index (χ1n) is 6.53. The Morgan fingerprint density at radius 3 is 1.70 bits per heavy atom. The lowest BCUT2D eigenvalue weighted by Gasteiger charge is -2.26. The molecule has 0 bridgehead atoms. The Bertz CT molecular complexity index is 486. The van der Waals surface area contributed by atoms with Gasteiger partial charge < -0.3 is 13.3 Å². The highest BCUT2D eigenvalue weighted by molar-refractivity contribution is 6.67. The molecule has 0 aliphatic heterocycles. The van der Waals surface area contributed by atoms with Crippen molar-refractivity contribution in [2.24, 2.45) is 0 Å². The fraction of sp³-hybridized carbons (Fsp3) is 0.125. The first kappa shape index (κ1) is 14.4. The normalized spacial score (nSPS) is 10.8. The third kappa shape index (κ3) is 3.72. The summed E-state index contributed by atoms with van der Waals surface area (Å²) in [7, 11) is -2.99. The topological polar surface area (TPSA) is 27.7 Å². The molecule has 0 fully saturated rings. The van der Waals surface area contributed by atoms with E-state index in [2.05, 4.69) is 6.58 Å². The quantitative estimate of drug-likeness (QED) is 0.724. The largest absolute Gasteiger partial charge is 0.661 e. The van der Waals surface area contributed by atoms with Gasteiger partial charge in [0.2, 0.25) is 0 Å². The second kappa shape index (κ2) is 6.93. The highest BCUT2D eigenvalue weighted by Gasteiger charge is 2.43. The summed E-state index contributed by atoms with van der Waals surface area (Å²) in [6.07, 6.45) is 0. The van der Waals surface area contributed by atoms with Gasteiger partial charge in [0.25, 0.3) is 0 Å². The first-order chi connectivity index (χ1) is 9.78. The molecule has 0 N–H and O–H groups in total. The maximum absolute atomic E-state index is 5.97. The molecule has 0 spiro atoms. The van der Waals surface area contributed by atoms with Gasteiger partial charge in [-0.15, -0.1) is 0 Å². The lowest BCUT2D eigenvalue weighted by Crippen LogP contribution is -2.50. The second-order valence-corrected chi connectivity index (χ2v) is 6.38. The molecule has 0 saturated heterocycles. The molecule has 0 aliphatic rings. The van der Waals surface area contributed by atoms with Crippen LogP contribution < -0.4 is 8.85 Å². The van der Waals surface area contributed by atoms with Gasteiger partial charge in [-0.2, -0.15) is 0 Å². The summed E-state index contributed by atoms with van der Waals surface area (Å²) in [5.41, 5.74) is 1.65. The van der Waals surface area contributed by atoms with Gasteiger partial charge in [-0.1, -0.05) is 43.0 Å². The minimum Gasteiger partial charge on any atom is -0.489 e. The molecule has 2 aromatic carbocycles. The van der Waals surface area contributed by atoms with Crippen molar-refractivity contribution < 1.29 is 13.3 Å². The average Bonchev–Trinajstić information content (AvgIpc) is 2.49. The Morgan fingerprint density at radius 2 is 1.35 bits per heavy atom. The fourth-order valence-electron chi connectivity index (χ4n) is 1.73. The molecule has 0 aromatic heterocycles. The zero-order chi connectivity index (χ0) is 14.3. The van der Waals surface area contributed by atoms with E-state index in [9.17, 15) is 0 Å². The second-order valence-electron chi connectivity index (χ2n) is 4.07. The molecule has 2 aromatic rings. The monoisotopic (exact) mass is 286 g/mol. The van der Waals surface area contributed by atoms with Gasteiger partial charge in [0.1, 0.15) is 11.5 Å². The van der Waals surface area contributed by atoms with Crippen molar-refractivity contribution in [2.45, 2.75) is 6.92 Å². The lowest BCUT2D eigenvalue weighted by atomic mass is 10.3. The van der Waals surface area contributed by atoms with Crippen LogP contribution in [0.1, 0.15) is 6.92 Å². The summed E-state index contributed by atoms with van der Waals surface area (Å²) < 4.78 is 17.7. The molecule has 0 saturated carbocycles. The summed E-state index contributed by atoms with van der Waals surface area (Å²) in [4.78, 5) is 0. The Morgan fingerprint density at radius 1 is 0.900 bits per heavy atom. The van der Waals surface area contributed by atoms with Gasteiger partial charge in [0.15, 0.2) is 0 Å². The SMILES string of the molecule is C=C[Si](OCC)(Oc1ccccc1)Oc1ccccc1. The molecule has 104 valence electrons.